The van der Waals surface area contributed by atoms with Gasteiger partial charge in [0.1, 0.15) is 5.52 Å². The minimum absolute atomic E-state index is 0.133. The number of rotatable bonds is 3. The zero-order valence-corrected chi connectivity index (χ0v) is 13.9. The second-order valence-corrected chi connectivity index (χ2v) is 6.53. The predicted molar refractivity (Wildman–Crippen MR) is 96.7 cm³/mol. The van der Waals surface area contributed by atoms with E-state index < -0.39 is 0 Å². The summed E-state index contributed by atoms with van der Waals surface area (Å²) in [5, 5.41) is 5.36. The fraction of sp³-hybridized carbons (Fsp3) is 0. The van der Waals surface area contributed by atoms with E-state index in [-0.39, 0.29) is 5.91 Å². The number of carbonyl (C=O) groups excluding carboxylic acids is 1. The Morgan fingerprint density at radius 1 is 1.12 bits per heavy atom. The van der Waals surface area contributed by atoms with Crippen molar-refractivity contribution in [2.24, 2.45) is 0 Å². The molecule has 118 valence electrons. The molecule has 2 heterocycles. The summed E-state index contributed by atoms with van der Waals surface area (Å²) in [7, 11) is 0. The summed E-state index contributed by atoms with van der Waals surface area (Å²) in [5.74, 6) is 0.353. The summed E-state index contributed by atoms with van der Waals surface area (Å²) >= 11 is 7.38. The van der Waals surface area contributed by atoms with Crippen molar-refractivity contribution in [3.63, 3.8) is 0 Å². The lowest BCUT2D eigenvalue weighted by Crippen LogP contribution is -2.09. The van der Waals surface area contributed by atoms with Gasteiger partial charge in [0.25, 0.3) is 5.91 Å². The van der Waals surface area contributed by atoms with Gasteiger partial charge in [0.2, 0.25) is 5.89 Å². The number of benzene rings is 2. The summed E-state index contributed by atoms with van der Waals surface area (Å²) in [5.41, 5.74) is 2.84. The molecule has 0 bridgehead atoms. The predicted octanol–water partition coefficient (Wildman–Crippen LogP) is 5.46. The summed E-state index contributed by atoms with van der Waals surface area (Å²) in [6.07, 6.45) is 0. The molecular weight excluding hydrogens is 344 g/mol. The molecule has 0 saturated heterocycles. The lowest BCUT2D eigenvalue weighted by atomic mass is 10.2. The number of oxazole rings is 1. The van der Waals surface area contributed by atoms with Crippen molar-refractivity contribution >= 4 is 45.6 Å². The first-order chi connectivity index (χ1) is 11.7. The molecule has 4 aromatic rings. The monoisotopic (exact) mass is 354 g/mol. The van der Waals surface area contributed by atoms with Gasteiger partial charge >= 0.3 is 0 Å². The maximum atomic E-state index is 12.1. The van der Waals surface area contributed by atoms with Gasteiger partial charge in [0.05, 0.1) is 4.88 Å². The first-order valence-corrected chi connectivity index (χ1v) is 8.46. The second kappa shape index (κ2) is 6.11. The number of carbonyl (C=O) groups is 1. The van der Waals surface area contributed by atoms with Gasteiger partial charge in [0, 0.05) is 16.3 Å². The molecule has 2 aromatic carbocycles. The average Bonchev–Trinajstić information content (AvgIpc) is 3.24. The lowest BCUT2D eigenvalue weighted by Gasteiger charge is -2.04. The van der Waals surface area contributed by atoms with Crippen LogP contribution in [0.4, 0.5) is 5.69 Å². The van der Waals surface area contributed by atoms with Gasteiger partial charge in [-0.2, -0.15) is 0 Å². The fourth-order valence-corrected chi connectivity index (χ4v) is 3.14. The van der Waals surface area contributed by atoms with E-state index >= 15 is 0 Å². The zero-order valence-electron chi connectivity index (χ0n) is 12.3. The molecule has 0 atom stereocenters. The first-order valence-electron chi connectivity index (χ1n) is 7.20. The van der Waals surface area contributed by atoms with E-state index in [0.717, 1.165) is 5.56 Å². The van der Waals surface area contributed by atoms with Crippen LogP contribution in [-0.2, 0) is 0 Å². The Hall–Kier alpha value is -2.63. The molecule has 0 saturated carbocycles. The SMILES string of the molecule is O=C(Nc1cccc(-c2nc3cc(Cl)ccc3o2)c1)c1cccs1. The number of anilines is 1. The highest BCUT2D eigenvalue weighted by Gasteiger charge is 2.11. The van der Waals surface area contributed by atoms with Crippen molar-refractivity contribution in [1.82, 2.24) is 4.98 Å². The number of nitrogens with one attached hydrogen (secondary N) is 1. The molecule has 0 aliphatic heterocycles. The molecule has 1 N–H and O–H groups in total. The Morgan fingerprint density at radius 3 is 2.88 bits per heavy atom. The quantitative estimate of drug-likeness (QED) is 0.531. The summed E-state index contributed by atoms with van der Waals surface area (Å²) in [6, 6.07) is 16.3. The highest BCUT2D eigenvalue weighted by molar-refractivity contribution is 7.12. The van der Waals surface area contributed by atoms with Crippen LogP contribution >= 0.6 is 22.9 Å². The number of hydrogen-bond donors (Lipinski definition) is 1. The second-order valence-electron chi connectivity index (χ2n) is 5.14. The molecular formula is C18H11ClN2O2S. The van der Waals surface area contributed by atoms with Crippen LogP contribution in [-0.4, -0.2) is 10.9 Å². The van der Waals surface area contributed by atoms with Gasteiger partial charge in [-0.25, -0.2) is 4.98 Å². The Balaban J connectivity index is 1.65. The number of fused-ring (bicyclic) bond motifs is 1. The van der Waals surface area contributed by atoms with Crippen LogP contribution in [0.2, 0.25) is 5.02 Å². The Kier molecular flexibility index (Phi) is 3.80. The summed E-state index contributed by atoms with van der Waals surface area (Å²) < 4.78 is 5.76. The van der Waals surface area contributed by atoms with E-state index in [1.165, 1.54) is 11.3 Å². The number of aromatic nitrogens is 1. The fourth-order valence-electron chi connectivity index (χ4n) is 2.35. The minimum Gasteiger partial charge on any atom is -0.436 e. The third-order valence-corrected chi connectivity index (χ3v) is 4.57. The Labute approximate surface area is 146 Å². The molecule has 1 amide bonds. The molecule has 0 radical (unpaired) electrons. The average molecular weight is 355 g/mol. The maximum Gasteiger partial charge on any atom is 0.265 e. The van der Waals surface area contributed by atoms with Gasteiger partial charge < -0.3 is 9.73 Å². The number of halogens is 1. The van der Waals surface area contributed by atoms with Gasteiger partial charge in [0.15, 0.2) is 5.58 Å². The molecule has 0 spiro atoms. The standard InChI is InChI=1S/C18H11ClN2O2S/c19-12-6-7-15-14(10-12)21-18(23-15)11-3-1-4-13(9-11)20-17(22)16-5-2-8-24-16/h1-10H,(H,20,22). The highest BCUT2D eigenvalue weighted by Crippen LogP contribution is 2.28. The number of nitrogens with zero attached hydrogens (tertiary/aromatic N) is 1. The van der Waals surface area contributed by atoms with Crippen molar-refractivity contribution < 1.29 is 9.21 Å². The van der Waals surface area contributed by atoms with Crippen LogP contribution < -0.4 is 5.32 Å². The first kappa shape index (κ1) is 14.9. The third-order valence-electron chi connectivity index (χ3n) is 3.46. The van der Waals surface area contributed by atoms with E-state index in [4.69, 9.17) is 16.0 Å². The molecule has 0 aliphatic rings. The topological polar surface area (TPSA) is 55.1 Å². The van der Waals surface area contributed by atoms with Gasteiger partial charge in [-0.1, -0.05) is 23.7 Å². The molecule has 6 heteroatoms. The smallest absolute Gasteiger partial charge is 0.265 e. The summed E-state index contributed by atoms with van der Waals surface area (Å²) in [6.45, 7) is 0. The molecule has 0 aliphatic carbocycles. The molecule has 4 rings (SSSR count). The Bertz CT molecular complexity index is 1020. The van der Waals surface area contributed by atoms with Crippen molar-refractivity contribution in [1.29, 1.82) is 0 Å². The van der Waals surface area contributed by atoms with Crippen LogP contribution in [0, 0.1) is 0 Å². The molecule has 2 aromatic heterocycles. The van der Waals surface area contributed by atoms with Crippen molar-refractivity contribution in [2.75, 3.05) is 5.32 Å². The summed E-state index contributed by atoms with van der Waals surface area (Å²) in [4.78, 5) is 17.3. The highest BCUT2D eigenvalue weighted by atomic mass is 35.5. The van der Waals surface area contributed by atoms with Gasteiger partial charge in [-0.05, 0) is 47.8 Å². The number of amides is 1. The van der Waals surface area contributed by atoms with Gasteiger partial charge in [-0.3, -0.25) is 4.79 Å². The third kappa shape index (κ3) is 2.91. The van der Waals surface area contributed by atoms with E-state index in [0.29, 0.717) is 32.6 Å². The minimum atomic E-state index is -0.133. The Morgan fingerprint density at radius 2 is 2.04 bits per heavy atom. The molecule has 0 fully saturated rings. The van der Waals surface area contributed by atoms with E-state index in [1.807, 2.05) is 35.7 Å². The van der Waals surface area contributed by atoms with Crippen LogP contribution in [0.25, 0.3) is 22.6 Å². The maximum absolute atomic E-state index is 12.1. The van der Waals surface area contributed by atoms with Gasteiger partial charge in [-0.15, -0.1) is 11.3 Å². The normalized spacial score (nSPS) is 10.9. The van der Waals surface area contributed by atoms with E-state index in [1.54, 1.807) is 24.3 Å². The molecule has 4 nitrogen and oxygen atoms in total. The van der Waals surface area contributed by atoms with Crippen LogP contribution in [0.3, 0.4) is 0 Å². The van der Waals surface area contributed by atoms with Crippen LogP contribution in [0.15, 0.2) is 64.4 Å². The number of hydrogen-bond acceptors (Lipinski definition) is 4. The van der Waals surface area contributed by atoms with Crippen LogP contribution in [0.5, 0.6) is 0 Å². The zero-order chi connectivity index (χ0) is 16.5. The van der Waals surface area contributed by atoms with E-state index in [2.05, 4.69) is 10.3 Å². The van der Waals surface area contributed by atoms with Crippen molar-refractivity contribution in [3.8, 4) is 11.5 Å². The van der Waals surface area contributed by atoms with Crippen molar-refractivity contribution in [3.05, 3.63) is 69.9 Å². The van der Waals surface area contributed by atoms with Crippen LogP contribution in [0.1, 0.15) is 9.67 Å². The van der Waals surface area contributed by atoms with E-state index in [9.17, 15) is 4.79 Å². The van der Waals surface area contributed by atoms with Crippen molar-refractivity contribution in [2.45, 2.75) is 0 Å². The molecule has 24 heavy (non-hydrogen) atoms. The molecule has 0 unspecified atom stereocenters. The largest absolute Gasteiger partial charge is 0.436 e. The lowest BCUT2D eigenvalue weighted by molar-refractivity contribution is 0.103. The number of thiophene rings is 1.